The van der Waals surface area contributed by atoms with Gasteiger partial charge in [-0.1, -0.05) is 66.5 Å². The molecule has 0 spiro atoms. The van der Waals surface area contributed by atoms with Crippen LogP contribution in [0.5, 0.6) is 0 Å². The normalized spacial score (nSPS) is 13.2. The maximum Gasteiger partial charge on any atom is 0.0595 e. The van der Waals surface area contributed by atoms with Crippen LogP contribution < -0.4 is 0 Å². The average Bonchev–Trinajstić information content (AvgIpc) is 2.06. The molecule has 0 saturated heterocycles. The van der Waals surface area contributed by atoms with Gasteiger partial charge in [0, 0.05) is 0 Å². The summed E-state index contributed by atoms with van der Waals surface area (Å²) in [4.78, 5) is 0. The second kappa shape index (κ2) is 6.63. The van der Waals surface area contributed by atoms with E-state index in [1.807, 2.05) is 6.08 Å². The standard InChI is InChI=1S/C15H31Si/c1-8-9-10-11-12-13-16(14(2,3)4)15(5,6)7/h8H,1,9-13H2,2-7H3. The second-order valence-electron chi connectivity index (χ2n) is 6.87. The lowest BCUT2D eigenvalue weighted by atomic mass is 10.2. The Bertz CT molecular complexity index is 178. The van der Waals surface area contributed by atoms with Crippen LogP contribution in [0.4, 0.5) is 0 Å². The Morgan fingerprint density at radius 2 is 1.38 bits per heavy atom. The first kappa shape index (κ1) is 16.0. The highest BCUT2D eigenvalue weighted by Crippen LogP contribution is 2.44. The van der Waals surface area contributed by atoms with Crippen LogP contribution in [-0.4, -0.2) is 8.80 Å². The lowest BCUT2D eigenvalue weighted by Gasteiger charge is -2.39. The molecule has 0 aliphatic heterocycles. The predicted octanol–water partition coefficient (Wildman–Crippen LogP) is 5.83. The van der Waals surface area contributed by atoms with Crippen molar-refractivity contribution in [2.75, 3.05) is 0 Å². The van der Waals surface area contributed by atoms with E-state index in [2.05, 4.69) is 48.1 Å². The summed E-state index contributed by atoms with van der Waals surface area (Å²) in [6, 6.07) is 1.47. The van der Waals surface area contributed by atoms with Gasteiger partial charge in [0.1, 0.15) is 0 Å². The van der Waals surface area contributed by atoms with Crippen molar-refractivity contribution in [2.45, 2.75) is 83.3 Å². The third-order valence-electron chi connectivity index (χ3n) is 3.15. The molecule has 0 amide bonds. The number of rotatable bonds is 6. The molecule has 0 bridgehead atoms. The van der Waals surface area contributed by atoms with Gasteiger partial charge >= 0.3 is 0 Å². The van der Waals surface area contributed by atoms with Crippen LogP contribution in [0.15, 0.2) is 12.7 Å². The zero-order valence-electron chi connectivity index (χ0n) is 12.3. The molecule has 0 nitrogen and oxygen atoms in total. The Hall–Kier alpha value is -0.0431. The monoisotopic (exact) mass is 239 g/mol. The van der Waals surface area contributed by atoms with Crippen LogP contribution in [0.2, 0.25) is 16.1 Å². The molecule has 0 unspecified atom stereocenters. The average molecular weight is 239 g/mol. The Labute approximate surface area is 105 Å². The van der Waals surface area contributed by atoms with Gasteiger partial charge in [-0.3, -0.25) is 0 Å². The van der Waals surface area contributed by atoms with Crippen molar-refractivity contribution in [1.82, 2.24) is 0 Å². The predicted molar refractivity (Wildman–Crippen MR) is 78.7 cm³/mol. The van der Waals surface area contributed by atoms with Gasteiger partial charge in [-0.05, 0) is 22.9 Å². The fraction of sp³-hybridized carbons (Fsp3) is 0.867. The van der Waals surface area contributed by atoms with Crippen LogP contribution in [0, 0.1) is 0 Å². The van der Waals surface area contributed by atoms with E-state index in [4.69, 9.17) is 0 Å². The minimum absolute atomic E-state index is 0.289. The summed E-state index contributed by atoms with van der Waals surface area (Å²) >= 11 is 0. The summed E-state index contributed by atoms with van der Waals surface area (Å²) in [6.07, 6.45) is 7.35. The summed E-state index contributed by atoms with van der Waals surface area (Å²) in [5.41, 5.74) is 0. The third-order valence-corrected chi connectivity index (χ3v) is 7.62. The lowest BCUT2D eigenvalue weighted by Crippen LogP contribution is -2.34. The van der Waals surface area contributed by atoms with Gasteiger partial charge in [0.15, 0.2) is 0 Å². The van der Waals surface area contributed by atoms with Gasteiger partial charge in [0.25, 0.3) is 0 Å². The van der Waals surface area contributed by atoms with E-state index < -0.39 is 0 Å². The fourth-order valence-corrected chi connectivity index (χ4v) is 7.00. The van der Waals surface area contributed by atoms with E-state index in [0.717, 1.165) is 0 Å². The molecule has 0 atom stereocenters. The van der Waals surface area contributed by atoms with Crippen molar-refractivity contribution in [3.8, 4) is 0 Å². The Kier molecular flexibility index (Phi) is 6.62. The number of hydrogen-bond acceptors (Lipinski definition) is 0. The smallest absolute Gasteiger partial charge is 0.0595 e. The fourth-order valence-electron chi connectivity index (χ4n) is 2.64. The Morgan fingerprint density at radius 1 is 0.875 bits per heavy atom. The van der Waals surface area contributed by atoms with Crippen molar-refractivity contribution in [3.05, 3.63) is 12.7 Å². The van der Waals surface area contributed by atoms with E-state index in [9.17, 15) is 0 Å². The summed E-state index contributed by atoms with van der Waals surface area (Å²) in [5.74, 6) is 0. The molecule has 0 aliphatic rings. The minimum Gasteiger partial charge on any atom is -0.103 e. The lowest BCUT2D eigenvalue weighted by molar-refractivity contribution is 0.621. The van der Waals surface area contributed by atoms with E-state index >= 15 is 0 Å². The molecule has 0 aromatic rings. The van der Waals surface area contributed by atoms with Crippen molar-refractivity contribution in [1.29, 1.82) is 0 Å². The maximum atomic E-state index is 3.78. The largest absolute Gasteiger partial charge is 0.103 e. The van der Waals surface area contributed by atoms with Gasteiger partial charge in [0.2, 0.25) is 0 Å². The van der Waals surface area contributed by atoms with Gasteiger partial charge in [-0.2, -0.15) is 0 Å². The van der Waals surface area contributed by atoms with E-state index in [0.29, 0.717) is 10.1 Å². The molecule has 95 valence electrons. The highest BCUT2D eigenvalue weighted by atomic mass is 28.3. The molecular weight excluding hydrogens is 208 g/mol. The molecule has 0 rings (SSSR count). The summed E-state index contributed by atoms with van der Waals surface area (Å²) < 4.78 is 0. The molecule has 0 aromatic heterocycles. The molecule has 0 heterocycles. The molecule has 0 N–H and O–H groups in total. The van der Waals surface area contributed by atoms with Crippen LogP contribution in [0.25, 0.3) is 0 Å². The van der Waals surface area contributed by atoms with E-state index in [-0.39, 0.29) is 8.80 Å². The first-order valence-corrected chi connectivity index (χ1v) is 8.38. The molecule has 1 radical (unpaired) electrons. The first-order chi connectivity index (χ1) is 7.19. The summed E-state index contributed by atoms with van der Waals surface area (Å²) in [6.45, 7) is 18.3. The van der Waals surface area contributed by atoms with Crippen molar-refractivity contribution < 1.29 is 0 Å². The third kappa shape index (κ3) is 6.52. The highest BCUT2D eigenvalue weighted by Gasteiger charge is 2.35. The number of unbranched alkanes of at least 4 members (excludes halogenated alkanes) is 3. The minimum atomic E-state index is -0.289. The van der Waals surface area contributed by atoms with Crippen molar-refractivity contribution in [2.24, 2.45) is 0 Å². The molecule has 0 saturated carbocycles. The van der Waals surface area contributed by atoms with Crippen LogP contribution in [-0.2, 0) is 0 Å². The summed E-state index contributed by atoms with van der Waals surface area (Å²) in [5, 5.41) is 1.06. The highest BCUT2D eigenvalue weighted by molar-refractivity contribution is 6.65. The van der Waals surface area contributed by atoms with Gasteiger partial charge < -0.3 is 0 Å². The van der Waals surface area contributed by atoms with Gasteiger partial charge in [-0.25, -0.2) is 0 Å². The molecular formula is C15H31Si. The Morgan fingerprint density at radius 3 is 1.75 bits per heavy atom. The first-order valence-electron chi connectivity index (χ1n) is 6.67. The maximum absolute atomic E-state index is 3.78. The molecule has 1 heteroatoms. The van der Waals surface area contributed by atoms with E-state index in [1.54, 1.807) is 0 Å². The number of hydrogen-bond donors (Lipinski definition) is 0. The van der Waals surface area contributed by atoms with Crippen LogP contribution in [0.3, 0.4) is 0 Å². The molecule has 0 aromatic carbocycles. The second-order valence-corrected chi connectivity index (χ2v) is 11.3. The molecule has 16 heavy (non-hydrogen) atoms. The quantitative estimate of drug-likeness (QED) is 0.311. The zero-order chi connectivity index (χ0) is 12.8. The van der Waals surface area contributed by atoms with Gasteiger partial charge in [-0.15, -0.1) is 6.58 Å². The molecule has 0 aliphatic carbocycles. The van der Waals surface area contributed by atoms with Crippen molar-refractivity contribution in [3.63, 3.8) is 0 Å². The summed E-state index contributed by atoms with van der Waals surface area (Å²) in [7, 11) is -0.289. The number of allylic oxidation sites excluding steroid dienone is 1. The Balaban J connectivity index is 4.10. The van der Waals surface area contributed by atoms with Crippen molar-refractivity contribution >= 4 is 8.80 Å². The zero-order valence-corrected chi connectivity index (χ0v) is 13.3. The van der Waals surface area contributed by atoms with Gasteiger partial charge in [0.05, 0.1) is 8.80 Å². The topological polar surface area (TPSA) is 0 Å². The molecule has 0 fully saturated rings. The van der Waals surface area contributed by atoms with Crippen LogP contribution in [0.1, 0.15) is 67.2 Å². The SMILES string of the molecule is C=CCCCCC[Si](C(C)(C)C)C(C)(C)C. The van der Waals surface area contributed by atoms with Crippen LogP contribution >= 0.6 is 0 Å². The van der Waals surface area contributed by atoms with E-state index in [1.165, 1.54) is 31.7 Å².